The Morgan fingerprint density at radius 3 is 2.85 bits per heavy atom. The van der Waals surface area contributed by atoms with E-state index < -0.39 is 0 Å². The molecule has 2 aromatic rings. The summed E-state index contributed by atoms with van der Waals surface area (Å²) in [7, 11) is 2.12. The summed E-state index contributed by atoms with van der Waals surface area (Å²) < 4.78 is 5.24. The molecule has 0 radical (unpaired) electrons. The van der Waals surface area contributed by atoms with Gasteiger partial charge in [0.2, 0.25) is 0 Å². The third-order valence-corrected chi connectivity index (χ3v) is 3.73. The van der Waals surface area contributed by atoms with Crippen molar-refractivity contribution in [2.75, 3.05) is 25.0 Å². The van der Waals surface area contributed by atoms with Gasteiger partial charge >= 0.3 is 0 Å². The Hall–Kier alpha value is -1.95. The van der Waals surface area contributed by atoms with Gasteiger partial charge in [0.25, 0.3) is 0 Å². The molecule has 0 aliphatic carbocycles. The van der Waals surface area contributed by atoms with Gasteiger partial charge in [-0.05, 0) is 14.0 Å². The molecule has 6 heteroatoms. The first-order chi connectivity index (χ1) is 9.63. The maximum absolute atomic E-state index is 5.24. The predicted molar refractivity (Wildman–Crippen MR) is 75.5 cm³/mol. The van der Waals surface area contributed by atoms with Crippen molar-refractivity contribution in [2.45, 2.75) is 26.4 Å². The number of anilines is 1. The molecule has 0 atom stereocenters. The highest BCUT2D eigenvalue weighted by atomic mass is 16.3. The SMILES string of the molecule is Cc1nc(CN(C)C2CN(c3ncncc3C)C2)co1. The third kappa shape index (κ3) is 2.51. The van der Waals surface area contributed by atoms with Crippen LogP contribution < -0.4 is 4.90 Å². The van der Waals surface area contributed by atoms with Crippen LogP contribution in [0, 0.1) is 13.8 Å². The maximum Gasteiger partial charge on any atom is 0.191 e. The molecule has 106 valence electrons. The molecule has 0 N–H and O–H groups in total. The molecule has 0 aromatic carbocycles. The topological polar surface area (TPSA) is 58.3 Å². The lowest BCUT2D eigenvalue weighted by Gasteiger charge is -2.44. The van der Waals surface area contributed by atoms with Gasteiger partial charge in [-0.1, -0.05) is 0 Å². The van der Waals surface area contributed by atoms with E-state index in [1.165, 1.54) is 0 Å². The van der Waals surface area contributed by atoms with Crippen molar-refractivity contribution in [3.05, 3.63) is 35.9 Å². The van der Waals surface area contributed by atoms with E-state index >= 15 is 0 Å². The number of hydrogen-bond acceptors (Lipinski definition) is 6. The van der Waals surface area contributed by atoms with Crippen molar-refractivity contribution in [1.29, 1.82) is 0 Å². The van der Waals surface area contributed by atoms with Gasteiger partial charge in [0.1, 0.15) is 18.4 Å². The molecule has 0 amide bonds. The lowest BCUT2D eigenvalue weighted by Crippen LogP contribution is -2.58. The van der Waals surface area contributed by atoms with E-state index in [4.69, 9.17) is 4.42 Å². The van der Waals surface area contributed by atoms with Crippen molar-refractivity contribution in [3.63, 3.8) is 0 Å². The van der Waals surface area contributed by atoms with Crippen molar-refractivity contribution in [3.8, 4) is 0 Å². The smallest absolute Gasteiger partial charge is 0.191 e. The van der Waals surface area contributed by atoms with Crippen LogP contribution in [0.15, 0.2) is 23.2 Å². The molecular formula is C14H19N5O. The fourth-order valence-electron chi connectivity index (χ4n) is 2.50. The van der Waals surface area contributed by atoms with Gasteiger partial charge in [-0.3, -0.25) is 4.90 Å². The van der Waals surface area contributed by atoms with Crippen molar-refractivity contribution >= 4 is 5.82 Å². The van der Waals surface area contributed by atoms with Gasteiger partial charge in [0, 0.05) is 44.4 Å². The quantitative estimate of drug-likeness (QED) is 0.839. The fourth-order valence-corrected chi connectivity index (χ4v) is 2.50. The fraction of sp³-hybridized carbons (Fsp3) is 0.500. The summed E-state index contributed by atoms with van der Waals surface area (Å²) in [5.41, 5.74) is 2.11. The highest BCUT2D eigenvalue weighted by Crippen LogP contribution is 2.24. The second kappa shape index (κ2) is 5.20. The Labute approximate surface area is 118 Å². The van der Waals surface area contributed by atoms with E-state index in [1.54, 1.807) is 12.6 Å². The number of aryl methyl sites for hydroxylation is 2. The second-order valence-corrected chi connectivity index (χ2v) is 5.36. The minimum Gasteiger partial charge on any atom is -0.449 e. The molecule has 2 aromatic heterocycles. The number of hydrogen-bond donors (Lipinski definition) is 0. The molecule has 0 unspecified atom stereocenters. The standard InChI is InChI=1S/C14H19N5O/c1-10-4-15-9-16-14(10)19-6-13(7-19)18(3)5-12-8-20-11(2)17-12/h4,8-9,13H,5-7H2,1-3H3. The maximum atomic E-state index is 5.24. The molecule has 0 bridgehead atoms. The summed E-state index contributed by atoms with van der Waals surface area (Å²) in [6, 6.07) is 0.529. The van der Waals surface area contributed by atoms with E-state index in [9.17, 15) is 0 Å². The second-order valence-electron chi connectivity index (χ2n) is 5.36. The summed E-state index contributed by atoms with van der Waals surface area (Å²) in [5, 5.41) is 0. The van der Waals surface area contributed by atoms with Crippen LogP contribution in [0.1, 0.15) is 17.1 Å². The van der Waals surface area contributed by atoms with E-state index in [0.29, 0.717) is 6.04 Å². The Morgan fingerprint density at radius 1 is 1.40 bits per heavy atom. The Bertz CT molecular complexity index is 591. The minimum absolute atomic E-state index is 0.529. The van der Waals surface area contributed by atoms with Crippen LogP contribution >= 0.6 is 0 Å². The van der Waals surface area contributed by atoms with E-state index in [0.717, 1.165) is 42.6 Å². The number of likely N-dealkylation sites (N-methyl/N-ethyl adjacent to an activating group) is 1. The summed E-state index contributed by atoms with van der Waals surface area (Å²) in [6.07, 6.45) is 5.20. The highest BCUT2D eigenvalue weighted by molar-refractivity contribution is 5.47. The first-order valence-electron chi connectivity index (χ1n) is 6.76. The summed E-state index contributed by atoms with van der Waals surface area (Å²) in [6.45, 7) is 6.71. The summed E-state index contributed by atoms with van der Waals surface area (Å²) in [5.74, 6) is 1.77. The normalized spacial score (nSPS) is 15.7. The molecule has 0 saturated carbocycles. The van der Waals surface area contributed by atoms with Crippen LogP contribution in [-0.2, 0) is 6.54 Å². The molecule has 3 rings (SSSR count). The molecule has 6 nitrogen and oxygen atoms in total. The van der Waals surface area contributed by atoms with E-state index in [-0.39, 0.29) is 0 Å². The van der Waals surface area contributed by atoms with E-state index in [1.807, 2.05) is 20.0 Å². The number of oxazole rings is 1. The van der Waals surface area contributed by atoms with Crippen LogP contribution in [0.4, 0.5) is 5.82 Å². The average molecular weight is 273 g/mol. The molecule has 1 fully saturated rings. The number of nitrogens with zero attached hydrogens (tertiary/aromatic N) is 5. The molecule has 3 heterocycles. The van der Waals surface area contributed by atoms with Crippen molar-refractivity contribution in [1.82, 2.24) is 19.9 Å². The Morgan fingerprint density at radius 2 is 2.20 bits per heavy atom. The van der Waals surface area contributed by atoms with Gasteiger partial charge in [0.05, 0.1) is 5.69 Å². The van der Waals surface area contributed by atoms with Crippen LogP contribution in [0.5, 0.6) is 0 Å². The zero-order chi connectivity index (χ0) is 14.1. The lowest BCUT2D eigenvalue weighted by molar-refractivity contribution is 0.194. The van der Waals surface area contributed by atoms with E-state index in [2.05, 4.69) is 31.8 Å². The summed E-state index contributed by atoms with van der Waals surface area (Å²) in [4.78, 5) is 17.3. The zero-order valence-electron chi connectivity index (χ0n) is 12.1. The zero-order valence-corrected chi connectivity index (χ0v) is 12.1. The van der Waals surface area contributed by atoms with Gasteiger partial charge in [-0.25, -0.2) is 15.0 Å². The summed E-state index contributed by atoms with van der Waals surface area (Å²) >= 11 is 0. The van der Waals surface area contributed by atoms with Gasteiger partial charge in [-0.15, -0.1) is 0 Å². The Balaban J connectivity index is 1.56. The van der Waals surface area contributed by atoms with Crippen LogP contribution in [0.2, 0.25) is 0 Å². The molecule has 1 aliphatic rings. The predicted octanol–water partition coefficient (Wildman–Crippen LogP) is 1.40. The van der Waals surface area contributed by atoms with Gasteiger partial charge in [-0.2, -0.15) is 0 Å². The molecular weight excluding hydrogens is 254 g/mol. The van der Waals surface area contributed by atoms with Gasteiger partial charge in [0.15, 0.2) is 5.89 Å². The first-order valence-corrected chi connectivity index (χ1v) is 6.76. The molecule has 0 spiro atoms. The van der Waals surface area contributed by atoms with Gasteiger partial charge < -0.3 is 9.32 Å². The highest BCUT2D eigenvalue weighted by Gasteiger charge is 2.31. The van der Waals surface area contributed by atoms with Crippen LogP contribution in [0.25, 0.3) is 0 Å². The van der Waals surface area contributed by atoms with Crippen molar-refractivity contribution in [2.24, 2.45) is 0 Å². The third-order valence-electron chi connectivity index (χ3n) is 3.73. The molecule has 1 aliphatic heterocycles. The number of aromatic nitrogens is 3. The number of rotatable bonds is 4. The average Bonchev–Trinajstić information content (AvgIpc) is 2.75. The Kier molecular flexibility index (Phi) is 3.40. The molecule has 1 saturated heterocycles. The first kappa shape index (κ1) is 13.1. The lowest BCUT2D eigenvalue weighted by atomic mass is 10.1. The largest absolute Gasteiger partial charge is 0.449 e. The van der Waals surface area contributed by atoms with Crippen LogP contribution in [0.3, 0.4) is 0 Å². The molecule has 20 heavy (non-hydrogen) atoms. The van der Waals surface area contributed by atoms with Crippen LogP contribution in [-0.4, -0.2) is 46.0 Å². The minimum atomic E-state index is 0.529. The van der Waals surface area contributed by atoms with Crippen molar-refractivity contribution < 1.29 is 4.42 Å². The monoisotopic (exact) mass is 273 g/mol.